The van der Waals surface area contributed by atoms with Gasteiger partial charge in [-0.2, -0.15) is 0 Å². The topological polar surface area (TPSA) is 122 Å². The molecule has 1 saturated heterocycles. The molecule has 0 spiro atoms. The van der Waals surface area contributed by atoms with Crippen molar-refractivity contribution in [1.29, 1.82) is 0 Å². The first-order valence-electron chi connectivity index (χ1n) is 14.4. The number of fused-ring (bicyclic) bond motifs is 3. The van der Waals surface area contributed by atoms with Crippen LogP contribution in [0.15, 0.2) is 66.7 Å². The van der Waals surface area contributed by atoms with Crippen LogP contribution in [-0.4, -0.2) is 79.3 Å². The molecule has 4 aromatic rings. The van der Waals surface area contributed by atoms with Crippen molar-refractivity contribution in [2.24, 2.45) is 0 Å². The molecule has 1 fully saturated rings. The molecule has 2 amide bonds. The van der Waals surface area contributed by atoms with E-state index in [2.05, 4.69) is 15.2 Å². The third kappa shape index (κ3) is 6.58. The SMILES string of the molecule is Nc1ccc2[nH]c3c(c2c1)CCN(C(=O)Oc1ccc(F)cc1)C3c1ccc(OCC(=O)NCCN2CCOCC2)cc1. The second-order valence-electron chi connectivity index (χ2n) is 10.7. The number of ether oxygens (including phenoxy) is 3. The van der Waals surface area contributed by atoms with Gasteiger partial charge in [0.15, 0.2) is 6.61 Å². The molecule has 224 valence electrons. The molecule has 1 aromatic heterocycles. The molecule has 6 rings (SSSR count). The molecule has 11 heteroatoms. The normalized spacial score (nSPS) is 17.0. The Morgan fingerprint density at radius 1 is 1.00 bits per heavy atom. The van der Waals surface area contributed by atoms with Gasteiger partial charge in [-0.3, -0.25) is 14.6 Å². The smallest absolute Gasteiger partial charge is 0.416 e. The Kier molecular flexibility index (Phi) is 8.43. The van der Waals surface area contributed by atoms with Gasteiger partial charge in [0.1, 0.15) is 23.4 Å². The minimum atomic E-state index is -0.547. The number of carbonyl (C=O) groups is 2. The number of aromatic amines is 1. The highest BCUT2D eigenvalue weighted by atomic mass is 19.1. The summed E-state index contributed by atoms with van der Waals surface area (Å²) in [5.74, 6) is 0.187. The Hall–Kier alpha value is -4.61. The first kappa shape index (κ1) is 28.5. The zero-order valence-electron chi connectivity index (χ0n) is 23.7. The Bertz CT molecular complexity index is 1580. The van der Waals surface area contributed by atoms with Gasteiger partial charge in [-0.25, -0.2) is 9.18 Å². The summed E-state index contributed by atoms with van der Waals surface area (Å²) in [5, 5.41) is 3.91. The molecule has 0 saturated carbocycles. The molecule has 0 bridgehead atoms. The van der Waals surface area contributed by atoms with Gasteiger partial charge in [0, 0.05) is 55.0 Å². The number of H-pyrrole nitrogens is 1. The number of hydrogen-bond acceptors (Lipinski definition) is 7. The first-order valence-corrected chi connectivity index (χ1v) is 14.4. The predicted molar refractivity (Wildman–Crippen MR) is 160 cm³/mol. The van der Waals surface area contributed by atoms with Crippen LogP contribution in [0.5, 0.6) is 11.5 Å². The number of hydrogen-bond donors (Lipinski definition) is 3. The van der Waals surface area contributed by atoms with Crippen molar-refractivity contribution in [1.82, 2.24) is 20.1 Å². The quantitative estimate of drug-likeness (QED) is 0.268. The van der Waals surface area contributed by atoms with Gasteiger partial charge in [0.25, 0.3) is 5.91 Å². The lowest BCUT2D eigenvalue weighted by atomic mass is 9.92. The molecule has 0 aliphatic carbocycles. The second kappa shape index (κ2) is 12.7. The summed E-state index contributed by atoms with van der Waals surface area (Å²) in [6.45, 7) is 4.80. The third-order valence-corrected chi connectivity index (χ3v) is 7.82. The number of amides is 2. The van der Waals surface area contributed by atoms with E-state index in [0.29, 0.717) is 30.9 Å². The largest absolute Gasteiger partial charge is 0.484 e. The van der Waals surface area contributed by atoms with Crippen molar-refractivity contribution in [3.63, 3.8) is 0 Å². The van der Waals surface area contributed by atoms with Gasteiger partial charge in [0.2, 0.25) is 0 Å². The minimum Gasteiger partial charge on any atom is -0.484 e. The number of rotatable bonds is 8. The van der Waals surface area contributed by atoms with E-state index >= 15 is 0 Å². The van der Waals surface area contributed by atoms with Crippen LogP contribution in [-0.2, 0) is 16.0 Å². The average molecular weight is 588 g/mol. The predicted octanol–water partition coefficient (Wildman–Crippen LogP) is 3.86. The van der Waals surface area contributed by atoms with Gasteiger partial charge >= 0.3 is 6.09 Å². The highest BCUT2D eigenvalue weighted by Gasteiger charge is 2.35. The molecule has 3 aromatic carbocycles. The van der Waals surface area contributed by atoms with Gasteiger partial charge in [0.05, 0.1) is 13.2 Å². The Balaban J connectivity index is 1.17. The number of anilines is 1. The Morgan fingerprint density at radius 3 is 2.51 bits per heavy atom. The maximum Gasteiger partial charge on any atom is 0.416 e. The lowest BCUT2D eigenvalue weighted by Gasteiger charge is -2.35. The van der Waals surface area contributed by atoms with Gasteiger partial charge < -0.3 is 30.2 Å². The van der Waals surface area contributed by atoms with Crippen molar-refractivity contribution >= 4 is 28.6 Å². The Labute approximate surface area is 248 Å². The zero-order chi connectivity index (χ0) is 29.8. The van der Waals surface area contributed by atoms with Crippen molar-refractivity contribution in [2.45, 2.75) is 12.5 Å². The number of halogens is 1. The molecule has 0 radical (unpaired) electrons. The number of nitrogen functional groups attached to an aromatic ring is 1. The number of carbonyl (C=O) groups excluding carboxylic acids is 2. The van der Waals surface area contributed by atoms with Crippen molar-refractivity contribution in [2.75, 3.05) is 58.3 Å². The lowest BCUT2D eigenvalue weighted by molar-refractivity contribution is -0.123. The van der Waals surface area contributed by atoms with E-state index in [1.807, 2.05) is 30.3 Å². The van der Waals surface area contributed by atoms with E-state index in [9.17, 15) is 14.0 Å². The van der Waals surface area contributed by atoms with Crippen LogP contribution in [0.3, 0.4) is 0 Å². The van der Waals surface area contributed by atoms with E-state index in [1.165, 1.54) is 24.3 Å². The molecule has 4 N–H and O–H groups in total. The van der Waals surface area contributed by atoms with Crippen LogP contribution in [0.4, 0.5) is 14.9 Å². The van der Waals surface area contributed by atoms with E-state index < -0.39 is 18.0 Å². The summed E-state index contributed by atoms with van der Waals surface area (Å²) < 4.78 is 30.1. The second-order valence-corrected chi connectivity index (χ2v) is 10.7. The maximum absolute atomic E-state index is 13.4. The molecular weight excluding hydrogens is 553 g/mol. The summed E-state index contributed by atoms with van der Waals surface area (Å²) in [6.07, 6.45) is 0.0600. The molecule has 1 unspecified atom stereocenters. The Morgan fingerprint density at radius 2 is 1.74 bits per heavy atom. The van der Waals surface area contributed by atoms with Crippen LogP contribution in [0.1, 0.15) is 22.9 Å². The molecular formula is C32H34FN5O5. The first-order chi connectivity index (χ1) is 20.9. The molecule has 43 heavy (non-hydrogen) atoms. The summed E-state index contributed by atoms with van der Waals surface area (Å²) in [7, 11) is 0. The van der Waals surface area contributed by atoms with E-state index in [-0.39, 0.29) is 18.3 Å². The monoisotopic (exact) mass is 587 g/mol. The number of morpholine rings is 1. The third-order valence-electron chi connectivity index (χ3n) is 7.82. The number of aromatic nitrogens is 1. The lowest BCUT2D eigenvalue weighted by Crippen LogP contribution is -2.42. The van der Waals surface area contributed by atoms with E-state index in [1.54, 1.807) is 17.0 Å². The number of nitrogens with zero attached hydrogens (tertiary/aromatic N) is 2. The fourth-order valence-corrected chi connectivity index (χ4v) is 5.64. The van der Waals surface area contributed by atoms with Crippen LogP contribution < -0.4 is 20.5 Å². The zero-order valence-corrected chi connectivity index (χ0v) is 23.7. The number of benzene rings is 3. The fraction of sp³-hybridized carbons (Fsp3) is 0.312. The van der Waals surface area contributed by atoms with Crippen molar-refractivity contribution in [3.05, 3.63) is 89.4 Å². The number of nitrogens with two attached hydrogens (primary N) is 1. The van der Waals surface area contributed by atoms with E-state index in [4.69, 9.17) is 19.9 Å². The van der Waals surface area contributed by atoms with Gasteiger partial charge in [-0.1, -0.05) is 12.1 Å². The molecule has 3 heterocycles. The molecule has 2 aliphatic heterocycles. The van der Waals surface area contributed by atoms with Crippen LogP contribution in [0.25, 0.3) is 10.9 Å². The maximum atomic E-state index is 13.4. The highest BCUT2D eigenvalue weighted by Crippen LogP contribution is 2.39. The summed E-state index contributed by atoms with van der Waals surface area (Å²) in [6, 6.07) is 17.9. The van der Waals surface area contributed by atoms with Crippen LogP contribution in [0.2, 0.25) is 0 Å². The standard InChI is InChI=1S/C32H34FN5O5/c33-22-3-8-25(9-4-22)43-32(40)38-13-11-26-27-19-23(34)5-10-28(27)36-30(26)31(38)21-1-6-24(7-2-21)42-20-29(39)35-12-14-37-15-17-41-18-16-37/h1-10,19,31,36H,11-18,20,34H2,(H,35,39). The van der Waals surface area contributed by atoms with Gasteiger partial charge in [-0.05, 0) is 72.1 Å². The van der Waals surface area contributed by atoms with Gasteiger partial charge in [-0.15, -0.1) is 0 Å². The fourth-order valence-electron chi connectivity index (χ4n) is 5.64. The summed E-state index contributed by atoms with van der Waals surface area (Å²) in [4.78, 5) is 33.2. The molecule has 1 atom stereocenters. The molecule has 10 nitrogen and oxygen atoms in total. The van der Waals surface area contributed by atoms with Crippen LogP contribution >= 0.6 is 0 Å². The number of nitrogens with one attached hydrogen (secondary N) is 2. The molecule has 2 aliphatic rings. The van der Waals surface area contributed by atoms with E-state index in [0.717, 1.165) is 60.6 Å². The summed E-state index contributed by atoms with van der Waals surface area (Å²) >= 11 is 0. The minimum absolute atomic E-state index is 0.102. The highest BCUT2D eigenvalue weighted by molar-refractivity contribution is 5.88. The average Bonchev–Trinajstić information content (AvgIpc) is 3.39. The summed E-state index contributed by atoms with van der Waals surface area (Å²) in [5.41, 5.74) is 10.5. The van der Waals surface area contributed by atoms with Crippen molar-refractivity contribution < 1.29 is 28.2 Å². The van der Waals surface area contributed by atoms with Crippen LogP contribution in [0, 0.1) is 5.82 Å². The van der Waals surface area contributed by atoms with Crippen molar-refractivity contribution in [3.8, 4) is 11.5 Å².